The van der Waals surface area contributed by atoms with Crippen molar-refractivity contribution < 1.29 is 9.18 Å². The SMILES string of the molecule is O=C(CC1=CCCCC1)N1CCC[C@H](Nc2ccc(F)cc2)C1. The minimum absolute atomic E-state index is 0.225. The third kappa shape index (κ3) is 4.57. The van der Waals surface area contributed by atoms with Crippen molar-refractivity contribution in [3.8, 4) is 0 Å². The van der Waals surface area contributed by atoms with Crippen molar-refractivity contribution in [1.82, 2.24) is 4.90 Å². The minimum atomic E-state index is -0.225. The molecule has 1 N–H and O–H groups in total. The average Bonchev–Trinajstić information content (AvgIpc) is 2.58. The first-order chi connectivity index (χ1) is 11.2. The van der Waals surface area contributed by atoms with Gasteiger partial charge in [-0.15, -0.1) is 0 Å². The molecule has 1 heterocycles. The van der Waals surface area contributed by atoms with Gasteiger partial charge in [0, 0.05) is 31.2 Å². The molecule has 0 radical (unpaired) electrons. The Hall–Kier alpha value is -1.84. The number of amides is 1. The van der Waals surface area contributed by atoms with E-state index in [1.165, 1.54) is 30.5 Å². The first-order valence-corrected chi connectivity index (χ1v) is 8.68. The summed E-state index contributed by atoms with van der Waals surface area (Å²) in [7, 11) is 0. The summed E-state index contributed by atoms with van der Waals surface area (Å²) in [5.74, 6) is 0.0283. The first kappa shape index (κ1) is 16.0. The normalized spacial score (nSPS) is 21.7. The van der Waals surface area contributed by atoms with Crippen molar-refractivity contribution in [3.63, 3.8) is 0 Å². The van der Waals surface area contributed by atoms with Gasteiger partial charge in [-0.3, -0.25) is 4.79 Å². The number of rotatable bonds is 4. The molecule has 0 unspecified atom stereocenters. The zero-order valence-corrected chi connectivity index (χ0v) is 13.6. The number of hydrogen-bond donors (Lipinski definition) is 1. The van der Waals surface area contributed by atoms with Crippen LogP contribution in [-0.2, 0) is 4.79 Å². The van der Waals surface area contributed by atoms with Crippen LogP contribution in [0.3, 0.4) is 0 Å². The maximum absolute atomic E-state index is 13.0. The van der Waals surface area contributed by atoms with Crippen molar-refractivity contribution >= 4 is 11.6 Å². The molecule has 1 aromatic rings. The van der Waals surface area contributed by atoms with Gasteiger partial charge in [-0.1, -0.05) is 11.6 Å². The van der Waals surface area contributed by atoms with Crippen LogP contribution < -0.4 is 5.32 Å². The fraction of sp³-hybridized carbons (Fsp3) is 0.526. The van der Waals surface area contributed by atoms with Gasteiger partial charge in [-0.2, -0.15) is 0 Å². The second-order valence-corrected chi connectivity index (χ2v) is 6.62. The fourth-order valence-corrected chi connectivity index (χ4v) is 3.47. The first-order valence-electron chi connectivity index (χ1n) is 8.68. The van der Waals surface area contributed by atoms with Gasteiger partial charge < -0.3 is 10.2 Å². The highest BCUT2D eigenvalue weighted by Crippen LogP contribution is 2.22. The Kier molecular flexibility index (Phi) is 5.31. The second kappa shape index (κ2) is 7.62. The molecule has 1 amide bonds. The molecule has 0 bridgehead atoms. The number of carbonyl (C=O) groups is 1. The van der Waals surface area contributed by atoms with E-state index < -0.39 is 0 Å². The molecule has 0 spiro atoms. The summed E-state index contributed by atoms with van der Waals surface area (Å²) in [6.07, 6.45) is 9.57. The summed E-state index contributed by atoms with van der Waals surface area (Å²) in [5.41, 5.74) is 2.23. The van der Waals surface area contributed by atoms with Crippen LogP contribution in [0, 0.1) is 5.82 Å². The molecule has 3 rings (SSSR count). The predicted octanol–water partition coefficient (Wildman–Crippen LogP) is 4.12. The number of allylic oxidation sites excluding steroid dienone is 1. The molecular formula is C19H25FN2O. The monoisotopic (exact) mass is 316 g/mol. The lowest BCUT2D eigenvalue weighted by molar-refractivity contribution is -0.131. The van der Waals surface area contributed by atoms with Gasteiger partial charge >= 0.3 is 0 Å². The number of anilines is 1. The minimum Gasteiger partial charge on any atom is -0.381 e. The molecule has 4 heteroatoms. The number of piperidine rings is 1. The second-order valence-electron chi connectivity index (χ2n) is 6.62. The zero-order chi connectivity index (χ0) is 16.1. The van der Waals surface area contributed by atoms with E-state index in [9.17, 15) is 9.18 Å². The fourth-order valence-electron chi connectivity index (χ4n) is 3.47. The van der Waals surface area contributed by atoms with Gasteiger partial charge in [0.1, 0.15) is 5.82 Å². The Morgan fingerprint density at radius 1 is 1.22 bits per heavy atom. The van der Waals surface area contributed by atoms with E-state index in [1.807, 2.05) is 4.90 Å². The Bertz CT molecular complexity index is 567. The standard InChI is InChI=1S/C19H25FN2O/c20-16-8-10-17(11-9-16)21-18-7-4-12-22(14-18)19(23)13-15-5-2-1-3-6-15/h5,8-11,18,21H,1-4,6-7,12-14H2/t18-/m0/s1. The van der Waals surface area contributed by atoms with E-state index in [0.29, 0.717) is 6.42 Å². The Morgan fingerprint density at radius 3 is 2.78 bits per heavy atom. The number of halogens is 1. The van der Waals surface area contributed by atoms with E-state index in [4.69, 9.17) is 0 Å². The number of hydrogen-bond acceptors (Lipinski definition) is 2. The highest BCUT2D eigenvalue weighted by atomic mass is 19.1. The highest BCUT2D eigenvalue weighted by molar-refractivity contribution is 5.79. The van der Waals surface area contributed by atoms with Crippen LogP contribution in [0.1, 0.15) is 44.9 Å². The van der Waals surface area contributed by atoms with Crippen molar-refractivity contribution in [2.45, 2.75) is 51.0 Å². The van der Waals surface area contributed by atoms with Gasteiger partial charge in [0.15, 0.2) is 0 Å². The van der Waals surface area contributed by atoms with E-state index in [-0.39, 0.29) is 17.8 Å². The number of benzene rings is 1. The lowest BCUT2D eigenvalue weighted by Crippen LogP contribution is -2.45. The lowest BCUT2D eigenvalue weighted by Gasteiger charge is -2.34. The largest absolute Gasteiger partial charge is 0.381 e. The number of likely N-dealkylation sites (tertiary alicyclic amines) is 1. The van der Waals surface area contributed by atoms with Gasteiger partial charge in [-0.05, 0) is 62.8 Å². The predicted molar refractivity (Wildman–Crippen MR) is 90.8 cm³/mol. The molecule has 124 valence electrons. The van der Waals surface area contributed by atoms with E-state index in [1.54, 1.807) is 12.1 Å². The van der Waals surface area contributed by atoms with Gasteiger partial charge in [-0.25, -0.2) is 4.39 Å². The molecule has 0 saturated carbocycles. The molecule has 1 aliphatic heterocycles. The van der Waals surface area contributed by atoms with Crippen LogP contribution in [0.25, 0.3) is 0 Å². The van der Waals surface area contributed by atoms with Crippen LogP contribution in [0.15, 0.2) is 35.9 Å². The molecule has 0 aromatic heterocycles. The summed E-state index contributed by atoms with van der Waals surface area (Å²) >= 11 is 0. The number of nitrogens with one attached hydrogen (secondary N) is 1. The van der Waals surface area contributed by atoms with E-state index in [2.05, 4.69) is 11.4 Å². The molecule has 1 aliphatic carbocycles. The molecule has 1 aromatic carbocycles. The van der Waals surface area contributed by atoms with Gasteiger partial charge in [0.2, 0.25) is 5.91 Å². The van der Waals surface area contributed by atoms with Crippen LogP contribution >= 0.6 is 0 Å². The molecule has 1 atom stereocenters. The number of nitrogens with zero attached hydrogens (tertiary/aromatic N) is 1. The summed E-state index contributed by atoms with van der Waals surface area (Å²) in [5, 5.41) is 3.42. The van der Waals surface area contributed by atoms with Crippen molar-refractivity contribution in [1.29, 1.82) is 0 Å². The van der Waals surface area contributed by atoms with Crippen LogP contribution in [-0.4, -0.2) is 29.9 Å². The smallest absolute Gasteiger partial charge is 0.226 e. The highest BCUT2D eigenvalue weighted by Gasteiger charge is 2.24. The van der Waals surface area contributed by atoms with Gasteiger partial charge in [0.05, 0.1) is 0 Å². The summed E-state index contributed by atoms with van der Waals surface area (Å²) in [6, 6.07) is 6.68. The van der Waals surface area contributed by atoms with Crippen molar-refractivity contribution in [2.24, 2.45) is 0 Å². The molecule has 3 nitrogen and oxygen atoms in total. The number of carbonyl (C=O) groups excluding carboxylic acids is 1. The van der Waals surface area contributed by atoms with Crippen molar-refractivity contribution in [3.05, 3.63) is 41.7 Å². The van der Waals surface area contributed by atoms with Crippen LogP contribution in [0.4, 0.5) is 10.1 Å². The molecule has 23 heavy (non-hydrogen) atoms. The average molecular weight is 316 g/mol. The maximum Gasteiger partial charge on any atom is 0.226 e. The molecule has 2 aliphatic rings. The van der Waals surface area contributed by atoms with Crippen LogP contribution in [0.2, 0.25) is 0 Å². The quantitative estimate of drug-likeness (QED) is 0.848. The topological polar surface area (TPSA) is 32.3 Å². The van der Waals surface area contributed by atoms with E-state index in [0.717, 1.165) is 44.5 Å². The van der Waals surface area contributed by atoms with E-state index >= 15 is 0 Å². The summed E-state index contributed by atoms with van der Waals surface area (Å²) in [4.78, 5) is 14.5. The van der Waals surface area contributed by atoms with Crippen molar-refractivity contribution in [2.75, 3.05) is 18.4 Å². The summed E-state index contributed by atoms with van der Waals surface area (Å²) < 4.78 is 13.0. The van der Waals surface area contributed by atoms with Crippen LogP contribution in [0.5, 0.6) is 0 Å². The molecular weight excluding hydrogens is 291 g/mol. The Labute approximate surface area is 137 Å². The lowest BCUT2D eigenvalue weighted by atomic mass is 9.96. The third-order valence-corrected chi connectivity index (χ3v) is 4.75. The Balaban J connectivity index is 1.53. The third-order valence-electron chi connectivity index (χ3n) is 4.75. The Morgan fingerprint density at radius 2 is 2.04 bits per heavy atom. The maximum atomic E-state index is 13.0. The molecule has 1 fully saturated rings. The summed E-state index contributed by atoms with van der Waals surface area (Å²) in [6.45, 7) is 1.59. The zero-order valence-electron chi connectivity index (χ0n) is 13.6. The van der Waals surface area contributed by atoms with Gasteiger partial charge in [0.25, 0.3) is 0 Å². The molecule has 1 saturated heterocycles.